The van der Waals surface area contributed by atoms with Gasteiger partial charge < -0.3 is 17.1 Å². The fraction of sp³-hybridized carbons (Fsp3) is 0.857. The van der Waals surface area contributed by atoms with Crippen molar-refractivity contribution in [2.45, 2.75) is 58.9 Å². The van der Waals surface area contributed by atoms with Crippen LogP contribution in [-0.2, 0) is 4.79 Å². The zero-order valence-electron chi connectivity index (χ0n) is 11.6. The van der Waals surface area contributed by atoms with Gasteiger partial charge in [0.2, 0.25) is 5.91 Å². The molecule has 0 saturated heterocycles. The summed E-state index contributed by atoms with van der Waals surface area (Å²) in [4.78, 5) is 11.1. The van der Waals surface area contributed by atoms with Crippen molar-refractivity contribution < 1.29 is 4.79 Å². The van der Waals surface area contributed by atoms with Crippen molar-refractivity contribution in [1.29, 1.82) is 0 Å². The Labute approximate surface area is 110 Å². The van der Waals surface area contributed by atoms with Crippen LogP contribution in [0.4, 0.5) is 0 Å². The van der Waals surface area contributed by atoms with Crippen molar-refractivity contribution in [2.75, 3.05) is 6.26 Å². The highest BCUT2D eigenvalue weighted by molar-refractivity contribution is 8.01. The van der Waals surface area contributed by atoms with Crippen LogP contribution >= 0.6 is 11.8 Å². The van der Waals surface area contributed by atoms with Crippen LogP contribution in [0.3, 0.4) is 0 Å². The molecule has 0 aromatic rings. The molecule has 1 aliphatic rings. The molecule has 0 aromatic heterocycles. The van der Waals surface area contributed by atoms with Crippen molar-refractivity contribution in [3.8, 4) is 0 Å². The van der Waals surface area contributed by atoms with Crippen LogP contribution in [0.2, 0.25) is 0 Å². The number of rotatable bonds is 4. The molecule has 0 aromatic carbocycles. The fourth-order valence-corrected chi connectivity index (χ4v) is 3.34. The molecule has 2 nitrogen and oxygen atoms in total. The predicted octanol–water partition coefficient (Wildman–Crippen LogP) is 3.62. The van der Waals surface area contributed by atoms with E-state index in [1.807, 2.05) is 11.8 Å². The molecule has 0 bridgehead atoms. The Morgan fingerprint density at radius 1 is 1.35 bits per heavy atom. The highest BCUT2D eigenvalue weighted by Gasteiger charge is 2.21. The zero-order chi connectivity index (χ0) is 12.8. The van der Waals surface area contributed by atoms with Crippen LogP contribution in [0.5, 0.6) is 0 Å². The lowest BCUT2D eigenvalue weighted by molar-refractivity contribution is -0.119. The quantitative estimate of drug-likeness (QED) is 0.615. The molecule has 17 heavy (non-hydrogen) atoms. The Morgan fingerprint density at radius 3 is 2.65 bits per heavy atom. The van der Waals surface area contributed by atoms with Crippen molar-refractivity contribution >= 4 is 17.7 Å². The Bertz CT molecular complexity index is 244. The SMILES string of the molecule is CS[C-](C)C(C)C1CCCC(NC(C)=O)CC1. The maximum Gasteiger partial charge on any atom is 0.217 e. The van der Waals surface area contributed by atoms with E-state index in [9.17, 15) is 4.79 Å². The third-order valence-corrected chi connectivity index (χ3v) is 5.11. The zero-order valence-corrected chi connectivity index (χ0v) is 12.4. The molecule has 1 rings (SSSR count). The summed E-state index contributed by atoms with van der Waals surface area (Å²) in [5.74, 6) is 1.63. The Morgan fingerprint density at radius 2 is 2.06 bits per heavy atom. The first-order valence-electron chi connectivity index (χ1n) is 6.69. The largest absolute Gasteiger partial charge is 0.354 e. The Kier molecular flexibility index (Phi) is 6.39. The van der Waals surface area contributed by atoms with Gasteiger partial charge in [0.25, 0.3) is 0 Å². The lowest BCUT2D eigenvalue weighted by atomic mass is 9.85. The van der Waals surface area contributed by atoms with Crippen LogP contribution in [0.25, 0.3) is 0 Å². The van der Waals surface area contributed by atoms with E-state index in [2.05, 4.69) is 25.4 Å². The summed E-state index contributed by atoms with van der Waals surface area (Å²) in [6.45, 7) is 6.23. The van der Waals surface area contributed by atoms with E-state index in [0.29, 0.717) is 12.0 Å². The summed E-state index contributed by atoms with van der Waals surface area (Å²) in [5.41, 5.74) is 0. The van der Waals surface area contributed by atoms with Crippen molar-refractivity contribution in [3.63, 3.8) is 0 Å². The van der Waals surface area contributed by atoms with Gasteiger partial charge in [0.1, 0.15) is 0 Å². The number of nitrogens with one attached hydrogen (secondary N) is 1. The topological polar surface area (TPSA) is 29.1 Å². The van der Waals surface area contributed by atoms with Crippen LogP contribution in [0.15, 0.2) is 0 Å². The van der Waals surface area contributed by atoms with E-state index in [4.69, 9.17) is 0 Å². The standard InChI is InChI=1S/C14H26NOS/c1-10(11(2)17-4)13-6-5-7-14(9-8-13)15-12(3)16/h10,13-14H,5-9H2,1-4H3,(H,15,16)/q-1. The second-order valence-electron chi connectivity index (χ2n) is 5.27. The number of amides is 1. The van der Waals surface area contributed by atoms with Crippen LogP contribution in [0.1, 0.15) is 52.9 Å². The Hall–Kier alpha value is -0.180. The summed E-state index contributed by atoms with van der Waals surface area (Å²) < 4.78 is 0. The molecule has 1 aliphatic carbocycles. The molecule has 0 spiro atoms. The first-order chi connectivity index (χ1) is 8.04. The van der Waals surface area contributed by atoms with Crippen molar-refractivity contribution in [3.05, 3.63) is 5.25 Å². The van der Waals surface area contributed by atoms with E-state index in [1.54, 1.807) is 12.2 Å². The monoisotopic (exact) mass is 256 g/mol. The molecule has 0 aliphatic heterocycles. The molecule has 3 atom stereocenters. The smallest absolute Gasteiger partial charge is 0.217 e. The lowest BCUT2D eigenvalue weighted by Crippen LogP contribution is -2.32. The van der Waals surface area contributed by atoms with Gasteiger partial charge in [0.05, 0.1) is 0 Å². The van der Waals surface area contributed by atoms with Gasteiger partial charge in [-0.3, -0.25) is 10.0 Å². The highest BCUT2D eigenvalue weighted by Crippen LogP contribution is 2.37. The third kappa shape index (κ3) is 4.90. The number of thioether (sulfide) groups is 1. The van der Waals surface area contributed by atoms with Gasteiger partial charge in [-0.2, -0.15) is 12.8 Å². The maximum atomic E-state index is 11.1. The summed E-state index contributed by atoms with van der Waals surface area (Å²) in [6.07, 6.45) is 8.29. The molecule has 100 valence electrons. The molecule has 1 saturated carbocycles. The Balaban J connectivity index is 2.44. The second kappa shape index (κ2) is 7.30. The molecule has 3 heteroatoms. The average molecular weight is 256 g/mol. The minimum Gasteiger partial charge on any atom is -0.354 e. The summed E-state index contributed by atoms with van der Waals surface area (Å²) >= 11 is 1.89. The first kappa shape index (κ1) is 14.9. The fourth-order valence-electron chi connectivity index (χ4n) is 2.78. The van der Waals surface area contributed by atoms with Gasteiger partial charge in [-0.1, -0.05) is 32.1 Å². The second-order valence-corrected chi connectivity index (χ2v) is 6.32. The van der Waals surface area contributed by atoms with Gasteiger partial charge in [0, 0.05) is 13.0 Å². The molecule has 0 heterocycles. The van der Waals surface area contributed by atoms with Gasteiger partial charge in [-0.05, 0) is 19.1 Å². The predicted molar refractivity (Wildman–Crippen MR) is 75.8 cm³/mol. The van der Waals surface area contributed by atoms with E-state index >= 15 is 0 Å². The van der Waals surface area contributed by atoms with E-state index in [1.165, 1.54) is 19.3 Å². The lowest BCUT2D eigenvalue weighted by Gasteiger charge is -2.38. The van der Waals surface area contributed by atoms with Gasteiger partial charge in [-0.15, -0.1) is 0 Å². The maximum absolute atomic E-state index is 11.1. The summed E-state index contributed by atoms with van der Waals surface area (Å²) in [6, 6.07) is 0.416. The molecular formula is C14H26NOS-. The molecular weight excluding hydrogens is 230 g/mol. The van der Waals surface area contributed by atoms with E-state index in [0.717, 1.165) is 18.8 Å². The van der Waals surface area contributed by atoms with Crippen LogP contribution in [-0.4, -0.2) is 18.2 Å². The molecule has 1 N–H and O–H groups in total. The van der Waals surface area contributed by atoms with Crippen LogP contribution in [0, 0.1) is 17.1 Å². The first-order valence-corrected chi connectivity index (χ1v) is 7.91. The normalized spacial score (nSPS) is 27.6. The van der Waals surface area contributed by atoms with E-state index < -0.39 is 0 Å². The van der Waals surface area contributed by atoms with Crippen molar-refractivity contribution in [2.24, 2.45) is 11.8 Å². The number of carbonyl (C=O) groups excluding carboxylic acids is 1. The summed E-state index contributed by atoms with van der Waals surface area (Å²) in [5, 5.41) is 4.62. The minimum atomic E-state index is 0.119. The third-order valence-electron chi connectivity index (χ3n) is 4.09. The molecule has 1 amide bonds. The van der Waals surface area contributed by atoms with Gasteiger partial charge in [0.15, 0.2) is 0 Å². The summed E-state index contributed by atoms with van der Waals surface area (Å²) in [7, 11) is 0. The average Bonchev–Trinajstić information content (AvgIpc) is 2.52. The number of hydrogen-bond acceptors (Lipinski definition) is 2. The minimum absolute atomic E-state index is 0.119. The van der Waals surface area contributed by atoms with Crippen LogP contribution < -0.4 is 5.32 Å². The molecule has 0 radical (unpaired) electrons. The highest BCUT2D eigenvalue weighted by atomic mass is 32.2. The van der Waals surface area contributed by atoms with E-state index in [-0.39, 0.29) is 5.91 Å². The van der Waals surface area contributed by atoms with Gasteiger partial charge in [-0.25, -0.2) is 0 Å². The van der Waals surface area contributed by atoms with Gasteiger partial charge >= 0.3 is 0 Å². The molecule has 3 unspecified atom stereocenters. The number of hydrogen-bond donors (Lipinski definition) is 1. The number of carbonyl (C=O) groups is 1. The molecule has 1 fully saturated rings. The van der Waals surface area contributed by atoms with Crippen molar-refractivity contribution in [1.82, 2.24) is 5.32 Å².